The molecule has 0 spiro atoms. The highest BCUT2D eigenvalue weighted by Gasteiger charge is 2.34. The van der Waals surface area contributed by atoms with Crippen molar-refractivity contribution in [2.75, 3.05) is 29.9 Å². The monoisotopic (exact) mass is 587 g/mol. The maximum absolute atomic E-state index is 15.5. The van der Waals surface area contributed by atoms with Crippen LogP contribution in [-0.2, 0) is 4.79 Å². The van der Waals surface area contributed by atoms with E-state index in [1.807, 2.05) is 30.9 Å². The summed E-state index contributed by atoms with van der Waals surface area (Å²) in [5.74, 6) is 0.797. The molecule has 0 unspecified atom stereocenters. The number of pyridine rings is 2. The number of carbonyl (C=O) groups excluding carboxylic acids is 1. The van der Waals surface area contributed by atoms with Crippen LogP contribution in [0.1, 0.15) is 20.3 Å². The minimum atomic E-state index is -0.707. The largest absolute Gasteiger partial charge is 0.455 e. The van der Waals surface area contributed by atoms with Gasteiger partial charge in [-0.25, -0.2) is 28.8 Å². The summed E-state index contributed by atoms with van der Waals surface area (Å²) in [6.07, 6.45) is 6.61. The van der Waals surface area contributed by atoms with Crippen molar-refractivity contribution in [3.63, 3.8) is 0 Å². The van der Waals surface area contributed by atoms with Crippen molar-refractivity contribution in [3.05, 3.63) is 78.7 Å². The Bertz CT molecular complexity index is 1830. The number of benzene rings is 1. The van der Waals surface area contributed by atoms with Gasteiger partial charge in [0.2, 0.25) is 5.91 Å². The lowest BCUT2D eigenvalue weighted by molar-refractivity contribution is -0.130. The number of amides is 1. The third kappa shape index (κ3) is 5.16. The van der Waals surface area contributed by atoms with Crippen molar-refractivity contribution in [1.29, 1.82) is 0 Å². The molecule has 6 rings (SSSR count). The van der Waals surface area contributed by atoms with Crippen LogP contribution in [-0.4, -0.2) is 65.5 Å². The zero-order chi connectivity index (χ0) is 29.4. The van der Waals surface area contributed by atoms with E-state index in [0.29, 0.717) is 53.7 Å². The number of rotatable bonds is 6. The molecule has 0 bridgehead atoms. The Labute approximate surface area is 245 Å². The number of hydrogen-bond acceptors (Lipinski definition) is 9. The lowest BCUT2D eigenvalue weighted by atomic mass is 10.0. The van der Waals surface area contributed by atoms with Gasteiger partial charge in [0.05, 0.1) is 16.7 Å². The van der Waals surface area contributed by atoms with Crippen LogP contribution in [0.2, 0.25) is 5.02 Å². The first kappa shape index (κ1) is 27.3. The number of hydrogen-bond donors (Lipinski definition) is 1. The SMILES string of the molecule is C=CC(=O)N1CCCN(c2ccc3ncnc(Nc4ccc(Oc5ccn6ncnc6c5)c(Cl)c4F)c3n2)CC1(C)C. The first-order valence-corrected chi connectivity index (χ1v) is 13.6. The number of fused-ring (bicyclic) bond motifs is 2. The molecule has 5 heterocycles. The average molecular weight is 588 g/mol. The molecule has 0 aliphatic carbocycles. The molecule has 1 amide bonds. The van der Waals surface area contributed by atoms with Crippen molar-refractivity contribution in [3.8, 4) is 11.5 Å². The van der Waals surface area contributed by atoms with E-state index >= 15 is 4.39 Å². The van der Waals surface area contributed by atoms with Gasteiger partial charge in [-0.15, -0.1) is 0 Å². The van der Waals surface area contributed by atoms with E-state index in [2.05, 4.69) is 36.8 Å². The molecule has 1 aliphatic heterocycles. The van der Waals surface area contributed by atoms with Crippen molar-refractivity contribution < 1.29 is 13.9 Å². The van der Waals surface area contributed by atoms with E-state index in [1.165, 1.54) is 24.8 Å². The highest BCUT2D eigenvalue weighted by Crippen LogP contribution is 2.37. The maximum Gasteiger partial charge on any atom is 0.246 e. The molecule has 1 aliphatic rings. The molecule has 1 fully saturated rings. The van der Waals surface area contributed by atoms with Crippen molar-refractivity contribution in [2.45, 2.75) is 25.8 Å². The van der Waals surface area contributed by atoms with Gasteiger partial charge < -0.3 is 19.9 Å². The minimum absolute atomic E-state index is 0.0956. The van der Waals surface area contributed by atoms with Crippen LogP contribution < -0.4 is 15.0 Å². The number of carbonyl (C=O) groups is 1. The molecule has 214 valence electrons. The van der Waals surface area contributed by atoms with Gasteiger partial charge in [-0.05, 0) is 56.7 Å². The van der Waals surface area contributed by atoms with Crippen molar-refractivity contribution in [1.82, 2.24) is 34.4 Å². The molecule has 5 aromatic rings. The summed E-state index contributed by atoms with van der Waals surface area (Å²) < 4.78 is 22.9. The second-order valence-corrected chi connectivity index (χ2v) is 10.8. The summed E-state index contributed by atoms with van der Waals surface area (Å²) >= 11 is 6.38. The fourth-order valence-corrected chi connectivity index (χ4v) is 5.29. The summed E-state index contributed by atoms with van der Waals surface area (Å²) in [6, 6.07) is 10.2. The van der Waals surface area contributed by atoms with Crippen LogP contribution in [0.5, 0.6) is 11.5 Å². The van der Waals surface area contributed by atoms with Gasteiger partial charge in [0.1, 0.15) is 40.5 Å². The van der Waals surface area contributed by atoms with E-state index in [0.717, 1.165) is 6.42 Å². The number of halogens is 2. The predicted octanol–water partition coefficient (Wildman–Crippen LogP) is 5.40. The van der Waals surface area contributed by atoms with E-state index in [9.17, 15) is 4.79 Å². The second kappa shape index (κ2) is 10.9. The molecule has 0 atom stereocenters. The Morgan fingerprint density at radius 2 is 2.00 bits per heavy atom. The third-order valence-corrected chi connectivity index (χ3v) is 7.48. The van der Waals surface area contributed by atoms with Crippen molar-refractivity contribution >= 4 is 51.5 Å². The number of anilines is 3. The van der Waals surface area contributed by atoms with Gasteiger partial charge in [-0.1, -0.05) is 18.2 Å². The van der Waals surface area contributed by atoms with Gasteiger partial charge in [0.25, 0.3) is 0 Å². The second-order valence-electron chi connectivity index (χ2n) is 10.4. The standard InChI is InChI=1S/C29H27ClFN9O2/c1-4-24(41)39-12-5-11-38(15-29(39,2)3)22-9-7-20-27(37-22)28(34-16-32-20)36-19-6-8-21(25(30)26(19)31)42-18-10-13-40-23(14-18)33-17-35-40/h4,6-10,13-14,16-17H,1,5,11-12,15H2,2-3H3,(H,32,34,36). The average Bonchev–Trinajstić information content (AvgIpc) is 3.39. The van der Waals surface area contributed by atoms with Gasteiger partial charge >= 0.3 is 0 Å². The molecule has 42 heavy (non-hydrogen) atoms. The molecule has 1 saturated heterocycles. The van der Waals surface area contributed by atoms with Gasteiger partial charge in [-0.2, -0.15) is 5.10 Å². The Balaban J connectivity index is 1.27. The molecule has 1 N–H and O–H groups in total. The Morgan fingerprint density at radius 1 is 1.14 bits per heavy atom. The Hall–Kier alpha value is -4.84. The van der Waals surface area contributed by atoms with Crippen LogP contribution in [0.25, 0.3) is 16.7 Å². The first-order valence-electron chi connectivity index (χ1n) is 13.3. The topological polar surface area (TPSA) is 114 Å². The van der Waals surface area contributed by atoms with E-state index in [4.69, 9.17) is 21.3 Å². The number of nitrogens with one attached hydrogen (secondary N) is 1. The summed E-state index contributed by atoms with van der Waals surface area (Å²) in [5, 5.41) is 6.87. The highest BCUT2D eigenvalue weighted by molar-refractivity contribution is 6.32. The lowest BCUT2D eigenvalue weighted by Gasteiger charge is -2.38. The van der Waals surface area contributed by atoms with Crippen LogP contribution in [0.4, 0.5) is 21.7 Å². The van der Waals surface area contributed by atoms with Gasteiger partial charge in [0, 0.05) is 31.9 Å². The first-order chi connectivity index (χ1) is 20.2. The molecule has 4 aromatic heterocycles. The molecular formula is C29H27ClFN9O2. The Morgan fingerprint density at radius 3 is 2.83 bits per heavy atom. The summed E-state index contributed by atoms with van der Waals surface area (Å²) in [7, 11) is 0. The van der Waals surface area contributed by atoms with Gasteiger partial charge in [-0.3, -0.25) is 4.79 Å². The normalized spacial score (nSPS) is 15.0. The van der Waals surface area contributed by atoms with Crippen LogP contribution >= 0.6 is 11.6 Å². The maximum atomic E-state index is 15.5. The zero-order valence-corrected chi connectivity index (χ0v) is 23.7. The number of aromatic nitrogens is 6. The van der Waals surface area contributed by atoms with E-state index < -0.39 is 11.4 Å². The zero-order valence-electron chi connectivity index (χ0n) is 23.0. The molecule has 1 aromatic carbocycles. The molecule has 0 saturated carbocycles. The highest BCUT2D eigenvalue weighted by atomic mass is 35.5. The molecule has 0 radical (unpaired) electrons. The summed E-state index contributed by atoms with van der Waals surface area (Å²) in [6.45, 7) is 9.58. The fraction of sp³-hybridized carbons (Fsp3) is 0.241. The van der Waals surface area contributed by atoms with Crippen molar-refractivity contribution in [2.24, 2.45) is 0 Å². The molecule has 13 heteroatoms. The van der Waals surface area contributed by atoms with E-state index in [1.54, 1.807) is 28.9 Å². The fourth-order valence-electron chi connectivity index (χ4n) is 5.09. The summed E-state index contributed by atoms with van der Waals surface area (Å²) in [5.41, 5.74) is 1.29. The van der Waals surface area contributed by atoms with Gasteiger partial charge in [0.15, 0.2) is 17.3 Å². The molecule has 11 nitrogen and oxygen atoms in total. The minimum Gasteiger partial charge on any atom is -0.455 e. The van der Waals surface area contributed by atoms with E-state index in [-0.39, 0.29) is 22.4 Å². The lowest BCUT2D eigenvalue weighted by Crippen LogP contribution is -2.51. The predicted molar refractivity (Wildman–Crippen MR) is 158 cm³/mol. The number of nitrogens with zero attached hydrogens (tertiary/aromatic N) is 8. The van der Waals surface area contributed by atoms with Crippen LogP contribution in [0.15, 0.2) is 67.9 Å². The molecular weight excluding hydrogens is 561 g/mol. The quantitative estimate of drug-likeness (QED) is 0.261. The smallest absolute Gasteiger partial charge is 0.246 e. The summed E-state index contributed by atoms with van der Waals surface area (Å²) in [4.78, 5) is 34.1. The third-order valence-electron chi connectivity index (χ3n) is 7.13. The van der Waals surface area contributed by atoms with Crippen LogP contribution in [0, 0.1) is 5.82 Å². The Kier molecular flexibility index (Phi) is 7.07. The van der Waals surface area contributed by atoms with Crippen LogP contribution in [0.3, 0.4) is 0 Å². The number of ether oxygens (including phenoxy) is 1.